The van der Waals surface area contributed by atoms with Crippen LogP contribution in [0.3, 0.4) is 0 Å². The molecule has 0 N–H and O–H groups in total. The van der Waals surface area contributed by atoms with Gasteiger partial charge in [0, 0.05) is 5.88 Å². The molecule has 2 aromatic rings. The molecule has 0 nitrogen and oxygen atoms in total. The quantitative estimate of drug-likeness (QED) is 0.686. The molecule has 1 atom stereocenters. The van der Waals surface area contributed by atoms with Crippen LogP contribution in [0.5, 0.6) is 0 Å². The van der Waals surface area contributed by atoms with Crippen molar-refractivity contribution < 1.29 is 0 Å². The fraction of sp³-hybridized carbons (Fsp3) is 0.294. The van der Waals surface area contributed by atoms with Crippen molar-refractivity contribution in [1.29, 1.82) is 0 Å². The third-order valence-corrected chi connectivity index (χ3v) is 3.79. The van der Waals surface area contributed by atoms with E-state index < -0.39 is 0 Å². The summed E-state index contributed by atoms with van der Waals surface area (Å²) in [5.74, 6) is 1.22. The fourth-order valence-corrected chi connectivity index (χ4v) is 2.50. The maximum absolute atomic E-state index is 6.12. The minimum absolute atomic E-state index is 0.509. The molecule has 2 aromatic carbocycles. The average Bonchev–Trinajstić information content (AvgIpc) is 2.41. The van der Waals surface area contributed by atoms with Crippen LogP contribution >= 0.6 is 11.6 Å². The summed E-state index contributed by atoms with van der Waals surface area (Å²) in [4.78, 5) is 0. The number of benzene rings is 2. The van der Waals surface area contributed by atoms with E-state index in [-0.39, 0.29) is 0 Å². The monoisotopic (exact) mass is 258 g/mol. The van der Waals surface area contributed by atoms with E-state index in [0.717, 1.165) is 12.8 Å². The van der Waals surface area contributed by atoms with Crippen molar-refractivity contribution in [2.45, 2.75) is 19.8 Å². The van der Waals surface area contributed by atoms with E-state index in [1.807, 2.05) is 0 Å². The molecule has 0 aliphatic rings. The lowest BCUT2D eigenvalue weighted by atomic mass is 9.92. The molecule has 1 heteroatoms. The standard InChI is InChI=1S/C17H19Cl/c1-14-7-5-6-10-17(14)12-16(13-18)11-15-8-3-2-4-9-15/h2-10,16H,11-13H2,1H3. The zero-order chi connectivity index (χ0) is 12.8. The van der Waals surface area contributed by atoms with Crippen molar-refractivity contribution in [3.05, 3.63) is 71.3 Å². The number of halogens is 1. The molecule has 0 aromatic heterocycles. The number of hydrogen-bond acceptors (Lipinski definition) is 0. The summed E-state index contributed by atoms with van der Waals surface area (Å²) in [6.07, 6.45) is 2.11. The van der Waals surface area contributed by atoms with Crippen LogP contribution in [-0.4, -0.2) is 5.88 Å². The highest BCUT2D eigenvalue weighted by molar-refractivity contribution is 6.18. The van der Waals surface area contributed by atoms with Gasteiger partial charge in [0.1, 0.15) is 0 Å². The zero-order valence-corrected chi connectivity index (χ0v) is 11.5. The molecular weight excluding hydrogens is 240 g/mol. The summed E-state index contributed by atoms with van der Waals surface area (Å²) < 4.78 is 0. The van der Waals surface area contributed by atoms with Crippen LogP contribution in [0.25, 0.3) is 0 Å². The van der Waals surface area contributed by atoms with Gasteiger partial charge in [-0.15, -0.1) is 11.6 Å². The molecular formula is C17H19Cl. The van der Waals surface area contributed by atoms with Gasteiger partial charge < -0.3 is 0 Å². The first-order valence-electron chi connectivity index (χ1n) is 6.44. The first-order valence-corrected chi connectivity index (χ1v) is 6.97. The van der Waals surface area contributed by atoms with Crippen LogP contribution in [-0.2, 0) is 12.8 Å². The van der Waals surface area contributed by atoms with Gasteiger partial charge >= 0.3 is 0 Å². The van der Waals surface area contributed by atoms with Gasteiger partial charge in [0.25, 0.3) is 0 Å². The van der Waals surface area contributed by atoms with Gasteiger partial charge in [0.05, 0.1) is 0 Å². The zero-order valence-electron chi connectivity index (χ0n) is 10.8. The molecule has 2 rings (SSSR count). The van der Waals surface area contributed by atoms with Gasteiger partial charge in [0.15, 0.2) is 0 Å². The molecule has 1 unspecified atom stereocenters. The summed E-state index contributed by atoms with van der Waals surface area (Å²) in [7, 11) is 0. The normalized spacial score (nSPS) is 12.3. The number of aryl methyl sites for hydroxylation is 1. The largest absolute Gasteiger partial charge is 0.126 e. The second-order valence-corrected chi connectivity index (χ2v) is 5.15. The Morgan fingerprint density at radius 1 is 0.889 bits per heavy atom. The van der Waals surface area contributed by atoms with Gasteiger partial charge in [-0.1, -0.05) is 54.6 Å². The van der Waals surface area contributed by atoms with Crippen LogP contribution in [0.15, 0.2) is 54.6 Å². The molecule has 0 saturated carbocycles. The van der Waals surface area contributed by atoms with Gasteiger partial charge in [0.2, 0.25) is 0 Å². The lowest BCUT2D eigenvalue weighted by Crippen LogP contribution is -2.10. The second-order valence-electron chi connectivity index (χ2n) is 4.84. The minimum Gasteiger partial charge on any atom is -0.126 e. The van der Waals surface area contributed by atoms with E-state index in [0.29, 0.717) is 11.8 Å². The molecule has 0 radical (unpaired) electrons. The van der Waals surface area contributed by atoms with Crippen molar-refractivity contribution in [2.75, 3.05) is 5.88 Å². The number of rotatable bonds is 5. The Bertz CT molecular complexity index is 476. The Kier molecular flexibility index (Phi) is 4.83. The summed E-state index contributed by atoms with van der Waals surface area (Å²) in [5, 5.41) is 0. The van der Waals surface area contributed by atoms with Crippen LogP contribution in [0, 0.1) is 12.8 Å². The Morgan fingerprint density at radius 2 is 1.56 bits per heavy atom. The third-order valence-electron chi connectivity index (χ3n) is 3.36. The topological polar surface area (TPSA) is 0 Å². The van der Waals surface area contributed by atoms with Crippen molar-refractivity contribution in [2.24, 2.45) is 5.92 Å². The van der Waals surface area contributed by atoms with E-state index in [4.69, 9.17) is 11.6 Å². The smallest absolute Gasteiger partial charge is 0.0258 e. The molecule has 0 saturated heterocycles. The van der Waals surface area contributed by atoms with Gasteiger partial charge in [-0.25, -0.2) is 0 Å². The average molecular weight is 259 g/mol. The van der Waals surface area contributed by atoms with Crippen LogP contribution in [0.1, 0.15) is 16.7 Å². The Balaban J connectivity index is 2.04. The van der Waals surface area contributed by atoms with Gasteiger partial charge in [-0.2, -0.15) is 0 Å². The maximum Gasteiger partial charge on any atom is 0.0258 e. The Hall–Kier alpha value is -1.27. The van der Waals surface area contributed by atoms with E-state index in [9.17, 15) is 0 Å². The first-order chi connectivity index (χ1) is 8.79. The summed E-state index contributed by atoms with van der Waals surface area (Å²) in [5.41, 5.74) is 4.15. The predicted molar refractivity (Wildman–Crippen MR) is 79.2 cm³/mol. The Morgan fingerprint density at radius 3 is 2.22 bits per heavy atom. The van der Waals surface area contributed by atoms with Crippen LogP contribution < -0.4 is 0 Å². The second kappa shape index (κ2) is 6.61. The molecule has 18 heavy (non-hydrogen) atoms. The molecule has 0 fully saturated rings. The number of hydrogen-bond donors (Lipinski definition) is 0. The third kappa shape index (κ3) is 3.61. The molecule has 0 aliphatic carbocycles. The van der Waals surface area contributed by atoms with Crippen LogP contribution in [0.4, 0.5) is 0 Å². The summed E-state index contributed by atoms with van der Waals surface area (Å²) in [6.45, 7) is 2.17. The highest BCUT2D eigenvalue weighted by Gasteiger charge is 2.10. The summed E-state index contributed by atoms with van der Waals surface area (Å²) in [6, 6.07) is 19.2. The molecule has 0 aliphatic heterocycles. The minimum atomic E-state index is 0.509. The predicted octanol–water partition coefficient (Wildman–Crippen LogP) is 4.64. The van der Waals surface area contributed by atoms with E-state index in [2.05, 4.69) is 61.5 Å². The van der Waals surface area contributed by atoms with Crippen molar-refractivity contribution >= 4 is 11.6 Å². The first kappa shape index (κ1) is 13.2. The van der Waals surface area contributed by atoms with E-state index in [1.54, 1.807) is 0 Å². The molecule has 0 heterocycles. The molecule has 0 amide bonds. The lowest BCUT2D eigenvalue weighted by Gasteiger charge is -2.15. The molecule has 0 bridgehead atoms. The van der Waals surface area contributed by atoms with E-state index >= 15 is 0 Å². The highest BCUT2D eigenvalue weighted by Crippen LogP contribution is 2.18. The summed E-state index contributed by atoms with van der Waals surface area (Å²) >= 11 is 6.12. The SMILES string of the molecule is Cc1ccccc1CC(CCl)Cc1ccccc1. The Labute approximate surface area is 115 Å². The highest BCUT2D eigenvalue weighted by atomic mass is 35.5. The molecule has 0 spiro atoms. The van der Waals surface area contributed by atoms with E-state index in [1.165, 1.54) is 16.7 Å². The van der Waals surface area contributed by atoms with Crippen molar-refractivity contribution in [3.8, 4) is 0 Å². The lowest BCUT2D eigenvalue weighted by molar-refractivity contribution is 0.582. The fourth-order valence-electron chi connectivity index (χ4n) is 2.28. The van der Waals surface area contributed by atoms with Gasteiger partial charge in [-0.05, 0) is 42.4 Å². The maximum atomic E-state index is 6.12. The van der Waals surface area contributed by atoms with Crippen LogP contribution in [0.2, 0.25) is 0 Å². The van der Waals surface area contributed by atoms with Crippen molar-refractivity contribution in [1.82, 2.24) is 0 Å². The van der Waals surface area contributed by atoms with Crippen molar-refractivity contribution in [3.63, 3.8) is 0 Å². The molecule has 94 valence electrons. The number of alkyl halides is 1. The van der Waals surface area contributed by atoms with Gasteiger partial charge in [-0.3, -0.25) is 0 Å².